The molecule has 2 aliphatic heterocycles. The van der Waals surface area contributed by atoms with Gasteiger partial charge in [0.1, 0.15) is 5.82 Å². The van der Waals surface area contributed by atoms with Gasteiger partial charge in [-0.2, -0.15) is 4.31 Å². The Bertz CT molecular complexity index is 1030. The molecule has 1 amide bonds. The lowest BCUT2D eigenvalue weighted by molar-refractivity contribution is 0.0730. The highest BCUT2D eigenvalue weighted by Gasteiger charge is 2.26. The van der Waals surface area contributed by atoms with E-state index >= 15 is 0 Å². The number of nitrogens with zero attached hydrogens (tertiary/aromatic N) is 2. The first-order valence-corrected chi connectivity index (χ1v) is 11.5. The van der Waals surface area contributed by atoms with Gasteiger partial charge in [0.05, 0.1) is 37.0 Å². The van der Waals surface area contributed by atoms with Crippen molar-refractivity contribution in [1.29, 1.82) is 0 Å². The van der Waals surface area contributed by atoms with Gasteiger partial charge in [0.2, 0.25) is 10.0 Å². The zero-order valence-electron chi connectivity index (χ0n) is 16.9. The normalized spacial score (nSPS) is 18.0. The van der Waals surface area contributed by atoms with Crippen LogP contribution in [-0.4, -0.2) is 71.2 Å². The molecule has 10 heteroatoms. The van der Waals surface area contributed by atoms with E-state index in [4.69, 9.17) is 9.47 Å². The number of carbonyl (C=O) groups is 1. The number of halogens is 1. The van der Waals surface area contributed by atoms with Crippen molar-refractivity contribution in [2.45, 2.75) is 4.90 Å². The van der Waals surface area contributed by atoms with Crippen molar-refractivity contribution < 1.29 is 27.1 Å². The number of anilines is 2. The number of rotatable bonds is 5. The summed E-state index contributed by atoms with van der Waals surface area (Å²) in [5, 5.41) is 2.65. The van der Waals surface area contributed by atoms with Crippen LogP contribution in [0.1, 0.15) is 10.4 Å². The Morgan fingerprint density at radius 1 is 0.903 bits per heavy atom. The van der Waals surface area contributed by atoms with Crippen molar-refractivity contribution in [2.24, 2.45) is 0 Å². The second-order valence-electron chi connectivity index (χ2n) is 7.26. The summed E-state index contributed by atoms with van der Waals surface area (Å²) in [7, 11) is -3.63. The van der Waals surface area contributed by atoms with Crippen molar-refractivity contribution in [2.75, 3.05) is 62.8 Å². The van der Waals surface area contributed by atoms with Crippen molar-refractivity contribution in [3.05, 3.63) is 53.8 Å². The fourth-order valence-electron chi connectivity index (χ4n) is 3.56. The highest BCUT2D eigenvalue weighted by molar-refractivity contribution is 7.89. The fourth-order valence-corrected chi connectivity index (χ4v) is 4.97. The molecule has 31 heavy (non-hydrogen) atoms. The Hall–Kier alpha value is -2.53. The van der Waals surface area contributed by atoms with E-state index in [0.717, 1.165) is 0 Å². The van der Waals surface area contributed by atoms with E-state index in [2.05, 4.69) is 5.32 Å². The Balaban J connectivity index is 1.43. The highest BCUT2D eigenvalue weighted by atomic mass is 32.2. The first-order valence-electron chi connectivity index (χ1n) is 10.1. The van der Waals surface area contributed by atoms with Crippen LogP contribution in [-0.2, 0) is 19.5 Å². The number of amides is 1. The third kappa shape index (κ3) is 4.87. The van der Waals surface area contributed by atoms with Crippen LogP contribution in [0.5, 0.6) is 0 Å². The van der Waals surface area contributed by atoms with E-state index in [1.165, 1.54) is 34.6 Å². The summed E-state index contributed by atoms with van der Waals surface area (Å²) in [6, 6.07) is 10.3. The molecule has 166 valence electrons. The molecule has 0 saturated carbocycles. The zero-order chi connectivity index (χ0) is 21.8. The second-order valence-corrected chi connectivity index (χ2v) is 9.20. The molecule has 2 heterocycles. The molecular formula is C21H24FN3O5S. The molecule has 0 aliphatic carbocycles. The minimum atomic E-state index is -3.63. The minimum Gasteiger partial charge on any atom is -0.379 e. The predicted octanol–water partition coefficient (Wildman–Crippen LogP) is 1.94. The highest BCUT2D eigenvalue weighted by Crippen LogP contribution is 2.24. The number of ether oxygens (including phenoxy) is 2. The lowest BCUT2D eigenvalue weighted by Crippen LogP contribution is -2.40. The average Bonchev–Trinajstić information content (AvgIpc) is 2.80. The van der Waals surface area contributed by atoms with Crippen LogP contribution >= 0.6 is 0 Å². The third-order valence-electron chi connectivity index (χ3n) is 5.28. The first-order chi connectivity index (χ1) is 14.9. The second kappa shape index (κ2) is 9.31. The van der Waals surface area contributed by atoms with Gasteiger partial charge in [-0.3, -0.25) is 4.79 Å². The van der Waals surface area contributed by atoms with Gasteiger partial charge < -0.3 is 19.7 Å². The maximum atomic E-state index is 14.5. The molecule has 2 saturated heterocycles. The molecule has 8 nitrogen and oxygen atoms in total. The number of hydrogen-bond acceptors (Lipinski definition) is 6. The van der Waals surface area contributed by atoms with Crippen LogP contribution in [0.25, 0.3) is 0 Å². The molecular weight excluding hydrogens is 425 g/mol. The predicted molar refractivity (Wildman–Crippen MR) is 113 cm³/mol. The number of sulfonamides is 1. The van der Waals surface area contributed by atoms with E-state index in [1.807, 2.05) is 4.90 Å². The van der Waals surface area contributed by atoms with Gasteiger partial charge in [-0.05, 0) is 42.5 Å². The van der Waals surface area contributed by atoms with E-state index in [0.29, 0.717) is 64.0 Å². The average molecular weight is 450 g/mol. The van der Waals surface area contributed by atoms with E-state index in [1.54, 1.807) is 12.1 Å². The van der Waals surface area contributed by atoms with E-state index in [-0.39, 0.29) is 10.5 Å². The summed E-state index contributed by atoms with van der Waals surface area (Å²) in [4.78, 5) is 14.6. The summed E-state index contributed by atoms with van der Waals surface area (Å²) in [5.74, 6) is -0.875. The van der Waals surface area contributed by atoms with Gasteiger partial charge in [0, 0.05) is 37.4 Å². The van der Waals surface area contributed by atoms with Crippen LogP contribution in [0.2, 0.25) is 0 Å². The van der Waals surface area contributed by atoms with Crippen molar-refractivity contribution in [3.8, 4) is 0 Å². The van der Waals surface area contributed by atoms with E-state index < -0.39 is 21.7 Å². The van der Waals surface area contributed by atoms with Crippen LogP contribution in [0.3, 0.4) is 0 Å². The van der Waals surface area contributed by atoms with Crippen LogP contribution in [0, 0.1) is 5.82 Å². The molecule has 2 aromatic rings. The maximum absolute atomic E-state index is 14.5. The summed E-state index contributed by atoms with van der Waals surface area (Å²) < 4.78 is 51.7. The Labute approximate surface area is 180 Å². The number of hydrogen-bond donors (Lipinski definition) is 1. The molecule has 0 unspecified atom stereocenters. The summed E-state index contributed by atoms with van der Waals surface area (Å²) in [5.41, 5.74) is 1.07. The minimum absolute atomic E-state index is 0.117. The molecule has 1 N–H and O–H groups in total. The van der Waals surface area contributed by atoms with Crippen molar-refractivity contribution in [3.63, 3.8) is 0 Å². The van der Waals surface area contributed by atoms with Crippen molar-refractivity contribution >= 4 is 27.3 Å². The lowest BCUT2D eigenvalue weighted by atomic mass is 10.2. The quantitative estimate of drug-likeness (QED) is 0.751. The van der Waals surface area contributed by atoms with Gasteiger partial charge in [-0.25, -0.2) is 12.8 Å². The standard InChI is InChI=1S/C21H24FN3O5S/c22-19-15-17(3-6-20(19)24-7-11-29-12-8-24)23-21(26)16-1-4-18(5-2-16)31(27,28)25-9-13-30-14-10-25/h1-6,15H,7-14H2,(H,23,26). The van der Waals surface area contributed by atoms with Crippen LogP contribution < -0.4 is 10.2 Å². The Morgan fingerprint density at radius 3 is 2.13 bits per heavy atom. The number of morpholine rings is 2. The van der Waals surface area contributed by atoms with Gasteiger partial charge in [0.15, 0.2) is 0 Å². The third-order valence-corrected chi connectivity index (χ3v) is 7.19. The molecule has 2 aromatic carbocycles. The van der Waals surface area contributed by atoms with Gasteiger partial charge in [-0.1, -0.05) is 0 Å². The summed E-state index contributed by atoms with van der Waals surface area (Å²) >= 11 is 0. The van der Waals surface area contributed by atoms with Crippen molar-refractivity contribution in [1.82, 2.24) is 4.31 Å². The molecule has 2 aliphatic rings. The molecule has 0 aromatic heterocycles. The summed E-state index contributed by atoms with van der Waals surface area (Å²) in [6.07, 6.45) is 0. The van der Waals surface area contributed by atoms with Crippen LogP contribution in [0.15, 0.2) is 47.4 Å². The largest absolute Gasteiger partial charge is 0.379 e. The topological polar surface area (TPSA) is 88.2 Å². The number of nitrogens with one attached hydrogen (secondary N) is 1. The van der Waals surface area contributed by atoms with Gasteiger partial charge in [-0.15, -0.1) is 0 Å². The Kier molecular flexibility index (Phi) is 6.51. The monoisotopic (exact) mass is 449 g/mol. The molecule has 0 bridgehead atoms. The maximum Gasteiger partial charge on any atom is 0.255 e. The zero-order valence-corrected chi connectivity index (χ0v) is 17.7. The summed E-state index contributed by atoms with van der Waals surface area (Å²) in [6.45, 7) is 3.66. The smallest absolute Gasteiger partial charge is 0.255 e. The molecule has 0 spiro atoms. The SMILES string of the molecule is O=C(Nc1ccc(N2CCOCC2)c(F)c1)c1ccc(S(=O)(=O)N2CCOCC2)cc1. The molecule has 0 atom stereocenters. The van der Waals surface area contributed by atoms with Crippen LogP contribution in [0.4, 0.5) is 15.8 Å². The number of carbonyl (C=O) groups excluding carboxylic acids is 1. The first kappa shape index (κ1) is 21.7. The fraction of sp³-hybridized carbons (Fsp3) is 0.381. The molecule has 0 radical (unpaired) electrons. The lowest BCUT2D eigenvalue weighted by Gasteiger charge is -2.29. The van der Waals surface area contributed by atoms with E-state index in [9.17, 15) is 17.6 Å². The Morgan fingerprint density at radius 2 is 1.52 bits per heavy atom. The molecule has 4 rings (SSSR count). The van der Waals surface area contributed by atoms with Gasteiger partial charge >= 0.3 is 0 Å². The van der Waals surface area contributed by atoms with Gasteiger partial charge in [0.25, 0.3) is 5.91 Å². The number of benzene rings is 2. The molecule has 2 fully saturated rings.